The zero-order valence-electron chi connectivity index (χ0n) is 10.3. The standard InChI is InChI=1S/C15H9N3O2/c19-15-10-3-1-2-4-11(10)17-14(18-15)9-5-6-12-13(7-9)20-8-16-12/h1-8H,(H,17,18,19). The number of benzene rings is 2. The fraction of sp³-hybridized carbons (Fsp3) is 0. The first-order valence-electron chi connectivity index (χ1n) is 6.14. The third kappa shape index (κ3) is 1.60. The van der Waals surface area contributed by atoms with Crippen molar-refractivity contribution in [2.24, 2.45) is 0 Å². The monoisotopic (exact) mass is 263 g/mol. The van der Waals surface area contributed by atoms with Gasteiger partial charge in [0.2, 0.25) is 0 Å². The molecule has 0 spiro atoms. The number of aromatic nitrogens is 3. The number of H-pyrrole nitrogens is 1. The van der Waals surface area contributed by atoms with Crippen molar-refractivity contribution in [3.05, 3.63) is 59.2 Å². The van der Waals surface area contributed by atoms with E-state index >= 15 is 0 Å². The minimum Gasteiger partial charge on any atom is -0.443 e. The summed E-state index contributed by atoms with van der Waals surface area (Å²) in [6.45, 7) is 0. The van der Waals surface area contributed by atoms with E-state index in [1.165, 1.54) is 6.39 Å². The lowest BCUT2D eigenvalue weighted by atomic mass is 10.2. The molecule has 0 aliphatic carbocycles. The fourth-order valence-corrected chi connectivity index (χ4v) is 2.23. The molecule has 0 radical (unpaired) electrons. The second-order valence-electron chi connectivity index (χ2n) is 4.47. The highest BCUT2D eigenvalue weighted by molar-refractivity contribution is 5.82. The fourth-order valence-electron chi connectivity index (χ4n) is 2.23. The Kier molecular flexibility index (Phi) is 2.20. The van der Waals surface area contributed by atoms with Gasteiger partial charge in [0.25, 0.3) is 5.56 Å². The Morgan fingerprint density at radius 2 is 1.95 bits per heavy atom. The smallest absolute Gasteiger partial charge is 0.259 e. The largest absolute Gasteiger partial charge is 0.443 e. The van der Waals surface area contributed by atoms with Crippen LogP contribution in [0.3, 0.4) is 0 Å². The second kappa shape index (κ2) is 4.03. The minimum atomic E-state index is -0.150. The van der Waals surface area contributed by atoms with Crippen molar-refractivity contribution in [2.75, 3.05) is 0 Å². The Labute approximate surface area is 112 Å². The van der Waals surface area contributed by atoms with Gasteiger partial charge in [-0.1, -0.05) is 12.1 Å². The van der Waals surface area contributed by atoms with Crippen LogP contribution in [0.2, 0.25) is 0 Å². The molecule has 2 aromatic heterocycles. The van der Waals surface area contributed by atoms with Crippen molar-refractivity contribution < 1.29 is 4.42 Å². The van der Waals surface area contributed by atoms with E-state index in [4.69, 9.17) is 4.42 Å². The Hall–Kier alpha value is -2.95. The summed E-state index contributed by atoms with van der Waals surface area (Å²) in [6.07, 6.45) is 1.39. The lowest BCUT2D eigenvalue weighted by Crippen LogP contribution is -2.09. The molecule has 5 nitrogen and oxygen atoms in total. The summed E-state index contributed by atoms with van der Waals surface area (Å²) in [5.74, 6) is 0.520. The van der Waals surface area contributed by atoms with Gasteiger partial charge in [-0.2, -0.15) is 0 Å². The highest BCUT2D eigenvalue weighted by Crippen LogP contribution is 2.21. The number of fused-ring (bicyclic) bond motifs is 2. The quantitative estimate of drug-likeness (QED) is 0.573. The van der Waals surface area contributed by atoms with Crippen LogP contribution in [0, 0.1) is 0 Å². The van der Waals surface area contributed by atoms with E-state index in [9.17, 15) is 4.79 Å². The lowest BCUT2D eigenvalue weighted by Gasteiger charge is -2.02. The molecule has 5 heteroatoms. The van der Waals surface area contributed by atoms with Gasteiger partial charge in [-0.3, -0.25) is 4.79 Å². The summed E-state index contributed by atoms with van der Waals surface area (Å²) in [5, 5.41) is 0.581. The Morgan fingerprint density at radius 1 is 1.05 bits per heavy atom. The van der Waals surface area contributed by atoms with Crippen molar-refractivity contribution in [1.29, 1.82) is 0 Å². The van der Waals surface area contributed by atoms with Gasteiger partial charge in [0.15, 0.2) is 12.0 Å². The molecular formula is C15H9N3O2. The number of hydrogen-bond acceptors (Lipinski definition) is 4. The first-order valence-corrected chi connectivity index (χ1v) is 6.14. The van der Waals surface area contributed by atoms with Crippen LogP contribution in [0.15, 0.2) is 58.1 Å². The maximum atomic E-state index is 12.1. The molecule has 4 aromatic rings. The number of aromatic amines is 1. The zero-order valence-corrected chi connectivity index (χ0v) is 10.3. The predicted octanol–water partition coefficient (Wildman–Crippen LogP) is 2.73. The number of rotatable bonds is 1. The Morgan fingerprint density at radius 3 is 2.90 bits per heavy atom. The number of nitrogens with one attached hydrogen (secondary N) is 1. The molecule has 0 aliphatic heterocycles. The Bertz CT molecular complexity index is 985. The van der Waals surface area contributed by atoms with E-state index in [0.29, 0.717) is 22.3 Å². The van der Waals surface area contributed by atoms with E-state index in [1.807, 2.05) is 36.4 Å². The van der Waals surface area contributed by atoms with Crippen molar-refractivity contribution in [3.63, 3.8) is 0 Å². The average Bonchev–Trinajstić information content (AvgIpc) is 2.94. The van der Waals surface area contributed by atoms with Crippen LogP contribution in [-0.4, -0.2) is 15.0 Å². The summed E-state index contributed by atoms with van der Waals surface area (Å²) in [7, 11) is 0. The van der Waals surface area contributed by atoms with Gasteiger partial charge in [0, 0.05) is 5.56 Å². The molecule has 20 heavy (non-hydrogen) atoms. The molecule has 0 unspecified atom stereocenters. The molecule has 2 aromatic carbocycles. The number of para-hydroxylation sites is 1. The molecule has 0 amide bonds. The molecule has 0 aliphatic rings. The average molecular weight is 263 g/mol. The van der Waals surface area contributed by atoms with Gasteiger partial charge in [-0.15, -0.1) is 0 Å². The normalized spacial score (nSPS) is 11.2. The molecule has 96 valence electrons. The van der Waals surface area contributed by atoms with E-state index in [2.05, 4.69) is 15.0 Å². The summed E-state index contributed by atoms with van der Waals surface area (Å²) in [6, 6.07) is 12.8. The zero-order chi connectivity index (χ0) is 13.5. The molecule has 2 heterocycles. The third-order valence-corrected chi connectivity index (χ3v) is 3.22. The van der Waals surface area contributed by atoms with Crippen LogP contribution in [0.5, 0.6) is 0 Å². The first-order chi connectivity index (χ1) is 9.81. The molecule has 0 atom stereocenters. The van der Waals surface area contributed by atoms with E-state index in [1.54, 1.807) is 6.07 Å². The highest BCUT2D eigenvalue weighted by atomic mass is 16.3. The maximum Gasteiger partial charge on any atom is 0.259 e. The van der Waals surface area contributed by atoms with Crippen molar-refractivity contribution in [1.82, 2.24) is 15.0 Å². The highest BCUT2D eigenvalue weighted by Gasteiger charge is 2.07. The number of oxazole rings is 1. The third-order valence-electron chi connectivity index (χ3n) is 3.22. The van der Waals surface area contributed by atoms with Gasteiger partial charge >= 0.3 is 0 Å². The molecule has 0 saturated carbocycles. The molecule has 0 fully saturated rings. The van der Waals surface area contributed by atoms with Crippen LogP contribution in [-0.2, 0) is 0 Å². The number of hydrogen-bond donors (Lipinski definition) is 1. The molecule has 1 N–H and O–H groups in total. The van der Waals surface area contributed by atoms with Gasteiger partial charge in [0.1, 0.15) is 11.3 Å². The first kappa shape index (κ1) is 10.9. The number of nitrogens with zero attached hydrogens (tertiary/aromatic N) is 2. The van der Waals surface area contributed by atoms with Gasteiger partial charge in [-0.25, -0.2) is 9.97 Å². The topological polar surface area (TPSA) is 71.8 Å². The summed E-state index contributed by atoms with van der Waals surface area (Å²) >= 11 is 0. The summed E-state index contributed by atoms with van der Waals surface area (Å²) in [5.41, 5.74) is 2.75. The van der Waals surface area contributed by atoms with Crippen molar-refractivity contribution >= 4 is 22.0 Å². The molecular weight excluding hydrogens is 254 g/mol. The maximum absolute atomic E-state index is 12.1. The van der Waals surface area contributed by atoms with Crippen LogP contribution >= 0.6 is 0 Å². The molecule has 4 rings (SSSR count). The van der Waals surface area contributed by atoms with Crippen molar-refractivity contribution in [2.45, 2.75) is 0 Å². The van der Waals surface area contributed by atoms with Gasteiger partial charge in [-0.05, 0) is 30.3 Å². The van der Waals surface area contributed by atoms with Crippen LogP contribution in [0.4, 0.5) is 0 Å². The van der Waals surface area contributed by atoms with Crippen molar-refractivity contribution in [3.8, 4) is 11.4 Å². The lowest BCUT2D eigenvalue weighted by molar-refractivity contribution is 0.602. The summed E-state index contributed by atoms with van der Waals surface area (Å²) < 4.78 is 5.27. The van der Waals surface area contributed by atoms with E-state index in [0.717, 1.165) is 11.1 Å². The van der Waals surface area contributed by atoms with E-state index in [-0.39, 0.29) is 5.56 Å². The SMILES string of the molecule is O=c1[nH]c(-c2ccc3ncoc3c2)nc2ccccc12. The minimum absolute atomic E-state index is 0.150. The van der Waals surface area contributed by atoms with Crippen LogP contribution in [0.25, 0.3) is 33.4 Å². The molecule has 0 saturated heterocycles. The summed E-state index contributed by atoms with van der Waals surface area (Å²) in [4.78, 5) is 23.4. The predicted molar refractivity (Wildman–Crippen MR) is 75.4 cm³/mol. The second-order valence-corrected chi connectivity index (χ2v) is 4.47. The van der Waals surface area contributed by atoms with E-state index < -0.39 is 0 Å². The Balaban J connectivity index is 1.99. The molecule has 0 bridgehead atoms. The van der Waals surface area contributed by atoms with Gasteiger partial charge < -0.3 is 9.40 Å². The van der Waals surface area contributed by atoms with Crippen LogP contribution < -0.4 is 5.56 Å². The van der Waals surface area contributed by atoms with Gasteiger partial charge in [0.05, 0.1) is 10.9 Å². The van der Waals surface area contributed by atoms with Crippen LogP contribution in [0.1, 0.15) is 0 Å².